The highest BCUT2D eigenvalue weighted by Gasteiger charge is 2.26. The van der Waals surface area contributed by atoms with Gasteiger partial charge < -0.3 is 14.6 Å². The lowest BCUT2D eigenvalue weighted by Gasteiger charge is -2.26. The smallest absolute Gasteiger partial charge is 0.308 e. The van der Waals surface area contributed by atoms with Crippen LogP contribution in [0.2, 0.25) is 0 Å². The van der Waals surface area contributed by atoms with Crippen molar-refractivity contribution in [3.05, 3.63) is 0 Å². The molecule has 0 spiro atoms. The van der Waals surface area contributed by atoms with E-state index in [2.05, 4.69) is 0 Å². The molecule has 0 unspecified atom stereocenters. The fraction of sp³-hybridized carbons (Fsp3) is 0.917. The Labute approximate surface area is 96.9 Å². The molecule has 0 radical (unpaired) electrons. The second kappa shape index (κ2) is 7.63. The van der Waals surface area contributed by atoms with Gasteiger partial charge in [-0.15, -0.1) is 0 Å². The number of hydrogen-bond donors (Lipinski definition) is 1. The van der Waals surface area contributed by atoms with Crippen LogP contribution in [-0.2, 0) is 14.3 Å². The highest BCUT2D eigenvalue weighted by atomic mass is 16.5. The Bertz CT molecular complexity index is 197. The molecular formula is C12H22O4. The average molecular weight is 230 g/mol. The van der Waals surface area contributed by atoms with Gasteiger partial charge in [-0.3, -0.25) is 4.79 Å². The van der Waals surface area contributed by atoms with Crippen LogP contribution in [-0.4, -0.2) is 37.5 Å². The number of methoxy groups -OCH3 is 1. The Morgan fingerprint density at radius 2 is 1.94 bits per heavy atom. The van der Waals surface area contributed by atoms with Gasteiger partial charge >= 0.3 is 5.97 Å². The number of unbranched alkanes of at least 4 members (excludes halogenated alkanes) is 1. The summed E-state index contributed by atoms with van der Waals surface area (Å²) in [5.74, 6) is -0.0129. The van der Waals surface area contributed by atoms with Gasteiger partial charge in [0.1, 0.15) is 0 Å². The zero-order valence-electron chi connectivity index (χ0n) is 9.98. The van der Waals surface area contributed by atoms with Gasteiger partial charge in [-0.1, -0.05) is 0 Å². The Balaban J connectivity index is 2.10. The molecule has 1 N–H and O–H groups in total. The van der Waals surface area contributed by atoms with Crippen LogP contribution in [0, 0.1) is 5.92 Å². The Morgan fingerprint density at radius 3 is 2.50 bits per heavy atom. The predicted octanol–water partition coefficient (Wildman–Crippen LogP) is 1.51. The first-order valence-corrected chi connectivity index (χ1v) is 6.08. The van der Waals surface area contributed by atoms with Crippen LogP contribution in [0.4, 0.5) is 0 Å². The molecule has 4 heteroatoms. The summed E-state index contributed by atoms with van der Waals surface area (Å²) in [7, 11) is 1.44. The predicted molar refractivity (Wildman–Crippen MR) is 60.0 cm³/mol. The zero-order valence-corrected chi connectivity index (χ0v) is 9.98. The monoisotopic (exact) mass is 230 g/mol. The second-order valence-corrected chi connectivity index (χ2v) is 4.30. The molecule has 1 aliphatic carbocycles. The molecule has 0 aromatic rings. The molecule has 0 aromatic carbocycles. The van der Waals surface area contributed by atoms with E-state index in [0.717, 1.165) is 38.5 Å². The maximum atomic E-state index is 11.3. The molecule has 1 aliphatic rings. The van der Waals surface area contributed by atoms with Crippen LogP contribution in [0.25, 0.3) is 0 Å². The van der Waals surface area contributed by atoms with Crippen molar-refractivity contribution in [2.24, 2.45) is 5.92 Å². The van der Waals surface area contributed by atoms with Crippen LogP contribution < -0.4 is 0 Å². The van der Waals surface area contributed by atoms with E-state index in [0.29, 0.717) is 12.7 Å². The maximum absolute atomic E-state index is 11.3. The van der Waals surface area contributed by atoms with E-state index in [9.17, 15) is 4.79 Å². The standard InChI is InChI=1S/C12H22O4/c1-15-12(14)10-4-6-11(7-5-10)16-9-3-2-8-13/h10-11,13H,2-9H2,1H3/t10-,11-. The number of aliphatic hydroxyl groups is 1. The molecule has 0 atom stereocenters. The maximum Gasteiger partial charge on any atom is 0.308 e. The third-order valence-electron chi connectivity index (χ3n) is 3.11. The van der Waals surface area contributed by atoms with Gasteiger partial charge in [0, 0.05) is 13.2 Å². The fourth-order valence-electron chi connectivity index (χ4n) is 2.10. The topological polar surface area (TPSA) is 55.8 Å². The number of hydrogen-bond acceptors (Lipinski definition) is 4. The molecule has 0 saturated heterocycles. The first-order chi connectivity index (χ1) is 7.77. The molecule has 0 bridgehead atoms. The number of carbonyl (C=O) groups excluding carboxylic acids is 1. The summed E-state index contributed by atoms with van der Waals surface area (Å²) in [4.78, 5) is 11.3. The van der Waals surface area contributed by atoms with Crippen LogP contribution >= 0.6 is 0 Å². The third kappa shape index (κ3) is 4.49. The van der Waals surface area contributed by atoms with Gasteiger partial charge in [-0.25, -0.2) is 0 Å². The zero-order chi connectivity index (χ0) is 11.8. The summed E-state index contributed by atoms with van der Waals surface area (Å²) >= 11 is 0. The van der Waals surface area contributed by atoms with Crippen LogP contribution in [0.3, 0.4) is 0 Å². The SMILES string of the molecule is COC(=O)[C@H]1CC[C@H](OCCCCO)CC1. The van der Waals surface area contributed by atoms with E-state index in [-0.39, 0.29) is 18.5 Å². The minimum atomic E-state index is -0.0845. The normalized spacial score (nSPS) is 25.4. The van der Waals surface area contributed by atoms with Crippen molar-refractivity contribution in [2.45, 2.75) is 44.6 Å². The Hall–Kier alpha value is -0.610. The fourth-order valence-corrected chi connectivity index (χ4v) is 2.10. The summed E-state index contributed by atoms with van der Waals surface area (Å²) < 4.78 is 10.4. The number of ether oxygens (including phenoxy) is 2. The van der Waals surface area contributed by atoms with Crippen LogP contribution in [0.15, 0.2) is 0 Å². The Morgan fingerprint density at radius 1 is 1.25 bits per heavy atom. The Kier molecular flexibility index (Phi) is 6.42. The minimum absolute atomic E-state index is 0.0716. The molecule has 0 aromatic heterocycles. The largest absolute Gasteiger partial charge is 0.469 e. The van der Waals surface area contributed by atoms with E-state index >= 15 is 0 Å². The quantitative estimate of drug-likeness (QED) is 0.555. The van der Waals surface area contributed by atoms with Crippen LogP contribution in [0.5, 0.6) is 0 Å². The number of esters is 1. The molecule has 94 valence electrons. The minimum Gasteiger partial charge on any atom is -0.469 e. The van der Waals surface area contributed by atoms with Crippen molar-refractivity contribution < 1.29 is 19.4 Å². The van der Waals surface area contributed by atoms with E-state index < -0.39 is 0 Å². The molecule has 1 saturated carbocycles. The van der Waals surface area contributed by atoms with Crippen molar-refractivity contribution in [1.29, 1.82) is 0 Å². The van der Waals surface area contributed by atoms with E-state index in [4.69, 9.17) is 14.6 Å². The number of aliphatic hydroxyl groups excluding tert-OH is 1. The lowest BCUT2D eigenvalue weighted by Crippen LogP contribution is -2.27. The van der Waals surface area contributed by atoms with Gasteiger partial charge in [0.05, 0.1) is 19.1 Å². The lowest BCUT2D eigenvalue weighted by atomic mass is 9.87. The van der Waals surface area contributed by atoms with Gasteiger partial charge in [-0.05, 0) is 38.5 Å². The summed E-state index contributed by atoms with van der Waals surface area (Å²) in [6.45, 7) is 0.951. The van der Waals surface area contributed by atoms with E-state index in [1.807, 2.05) is 0 Å². The summed E-state index contributed by atoms with van der Waals surface area (Å²) in [5.41, 5.74) is 0. The summed E-state index contributed by atoms with van der Waals surface area (Å²) in [6, 6.07) is 0. The molecule has 1 rings (SSSR count). The van der Waals surface area contributed by atoms with Gasteiger partial charge in [0.15, 0.2) is 0 Å². The first-order valence-electron chi connectivity index (χ1n) is 6.08. The molecular weight excluding hydrogens is 208 g/mol. The summed E-state index contributed by atoms with van der Waals surface area (Å²) in [5, 5.41) is 8.62. The lowest BCUT2D eigenvalue weighted by molar-refractivity contribution is -0.147. The third-order valence-corrected chi connectivity index (χ3v) is 3.11. The van der Waals surface area contributed by atoms with E-state index in [1.54, 1.807) is 0 Å². The molecule has 16 heavy (non-hydrogen) atoms. The molecule has 0 amide bonds. The van der Waals surface area contributed by atoms with E-state index in [1.165, 1.54) is 7.11 Å². The van der Waals surface area contributed by atoms with Crippen molar-refractivity contribution in [3.8, 4) is 0 Å². The molecule has 4 nitrogen and oxygen atoms in total. The number of rotatable bonds is 6. The highest BCUT2D eigenvalue weighted by molar-refractivity contribution is 5.72. The summed E-state index contributed by atoms with van der Waals surface area (Å²) in [6.07, 6.45) is 5.64. The average Bonchev–Trinajstić information content (AvgIpc) is 2.34. The van der Waals surface area contributed by atoms with Crippen molar-refractivity contribution in [2.75, 3.05) is 20.3 Å². The molecule has 0 heterocycles. The van der Waals surface area contributed by atoms with Crippen LogP contribution in [0.1, 0.15) is 38.5 Å². The first kappa shape index (κ1) is 13.5. The molecule has 0 aliphatic heterocycles. The van der Waals surface area contributed by atoms with Gasteiger partial charge in [-0.2, -0.15) is 0 Å². The number of carbonyl (C=O) groups is 1. The van der Waals surface area contributed by atoms with Gasteiger partial charge in [0.25, 0.3) is 0 Å². The second-order valence-electron chi connectivity index (χ2n) is 4.30. The van der Waals surface area contributed by atoms with Crippen molar-refractivity contribution in [1.82, 2.24) is 0 Å². The molecule has 1 fully saturated rings. The highest BCUT2D eigenvalue weighted by Crippen LogP contribution is 2.27. The van der Waals surface area contributed by atoms with Gasteiger partial charge in [0.2, 0.25) is 0 Å². The van der Waals surface area contributed by atoms with Crippen molar-refractivity contribution >= 4 is 5.97 Å². The van der Waals surface area contributed by atoms with Crippen molar-refractivity contribution in [3.63, 3.8) is 0 Å².